The van der Waals surface area contributed by atoms with Crippen LogP contribution in [-0.2, 0) is 17.6 Å². The molecule has 0 atom stereocenters. The topological polar surface area (TPSA) is 63.1 Å². The zero-order chi connectivity index (χ0) is 19.8. The van der Waals surface area contributed by atoms with Gasteiger partial charge in [0.2, 0.25) is 5.91 Å². The van der Waals surface area contributed by atoms with Crippen molar-refractivity contribution in [1.82, 2.24) is 4.57 Å². The number of aryl methyl sites for hydroxylation is 1. The van der Waals surface area contributed by atoms with Crippen molar-refractivity contribution in [3.8, 4) is 5.00 Å². The molecule has 2 heterocycles. The fourth-order valence-corrected chi connectivity index (χ4v) is 5.21. The molecule has 0 bridgehead atoms. The van der Waals surface area contributed by atoms with E-state index >= 15 is 0 Å². The number of amides is 2. The van der Waals surface area contributed by atoms with Gasteiger partial charge in [0.25, 0.3) is 5.91 Å². The lowest BCUT2D eigenvalue weighted by Crippen LogP contribution is -2.17. The number of benzene rings is 1. The third-order valence-corrected chi connectivity index (χ3v) is 6.88. The Labute approximate surface area is 173 Å². The fourth-order valence-electron chi connectivity index (χ4n) is 3.86. The first-order valence-electron chi connectivity index (χ1n) is 10.2. The normalized spacial score (nSPS) is 15.6. The van der Waals surface area contributed by atoms with Gasteiger partial charge in [-0.15, -0.1) is 11.3 Å². The fraction of sp³-hybridized carbons (Fsp3) is 0.304. The van der Waals surface area contributed by atoms with Crippen LogP contribution < -0.4 is 10.6 Å². The zero-order valence-electron chi connectivity index (χ0n) is 16.1. The maximum Gasteiger partial charge on any atom is 0.258 e. The van der Waals surface area contributed by atoms with Crippen LogP contribution in [0.2, 0.25) is 0 Å². The highest BCUT2D eigenvalue weighted by atomic mass is 32.1. The van der Waals surface area contributed by atoms with Crippen molar-refractivity contribution in [2.24, 2.45) is 5.92 Å². The van der Waals surface area contributed by atoms with Gasteiger partial charge >= 0.3 is 0 Å². The summed E-state index contributed by atoms with van der Waals surface area (Å²) in [6.07, 6.45) is 10.3. The monoisotopic (exact) mass is 405 g/mol. The summed E-state index contributed by atoms with van der Waals surface area (Å²) in [4.78, 5) is 26.5. The van der Waals surface area contributed by atoms with Crippen molar-refractivity contribution in [3.63, 3.8) is 0 Å². The summed E-state index contributed by atoms with van der Waals surface area (Å²) in [5, 5.41) is 6.97. The van der Waals surface area contributed by atoms with Gasteiger partial charge in [-0.1, -0.05) is 0 Å². The Bertz CT molecular complexity index is 1050. The number of thiophene rings is 1. The van der Waals surface area contributed by atoms with Crippen molar-refractivity contribution in [1.29, 1.82) is 0 Å². The maximum atomic E-state index is 13.2. The van der Waals surface area contributed by atoms with Crippen LogP contribution in [0, 0.1) is 5.92 Å². The highest BCUT2D eigenvalue weighted by Crippen LogP contribution is 2.37. The van der Waals surface area contributed by atoms with Gasteiger partial charge in [-0.25, -0.2) is 0 Å². The molecule has 6 heteroatoms. The van der Waals surface area contributed by atoms with E-state index in [1.165, 1.54) is 16.9 Å². The molecule has 2 N–H and O–H groups in total. The Kier molecular flexibility index (Phi) is 4.72. The Morgan fingerprint density at radius 1 is 0.931 bits per heavy atom. The average molecular weight is 406 g/mol. The van der Waals surface area contributed by atoms with Crippen molar-refractivity contribution >= 4 is 34.5 Å². The molecular formula is C23H23N3O2S. The second kappa shape index (κ2) is 7.52. The first-order valence-corrected chi connectivity index (χ1v) is 11.0. The van der Waals surface area contributed by atoms with E-state index in [-0.39, 0.29) is 17.7 Å². The number of nitrogens with one attached hydrogen (secondary N) is 2. The van der Waals surface area contributed by atoms with Crippen molar-refractivity contribution < 1.29 is 9.59 Å². The minimum absolute atomic E-state index is 0.0668. The zero-order valence-corrected chi connectivity index (χ0v) is 16.9. The molecule has 0 radical (unpaired) electrons. The molecule has 29 heavy (non-hydrogen) atoms. The first kappa shape index (κ1) is 18.2. The van der Waals surface area contributed by atoms with E-state index in [0.29, 0.717) is 0 Å². The minimum Gasteiger partial charge on any atom is -0.326 e. The van der Waals surface area contributed by atoms with Crippen LogP contribution in [0.4, 0.5) is 11.4 Å². The smallest absolute Gasteiger partial charge is 0.258 e. The molecule has 2 aliphatic rings. The lowest BCUT2D eigenvalue weighted by Gasteiger charge is -2.13. The number of hydrogen-bond donors (Lipinski definition) is 2. The lowest BCUT2D eigenvalue weighted by molar-refractivity contribution is -0.117. The predicted molar refractivity (Wildman–Crippen MR) is 116 cm³/mol. The first-order chi connectivity index (χ1) is 14.2. The van der Waals surface area contributed by atoms with E-state index in [2.05, 4.69) is 10.6 Å². The van der Waals surface area contributed by atoms with Gasteiger partial charge < -0.3 is 15.2 Å². The van der Waals surface area contributed by atoms with Gasteiger partial charge in [0, 0.05) is 34.6 Å². The highest BCUT2D eigenvalue weighted by Gasteiger charge is 2.29. The van der Waals surface area contributed by atoms with Crippen LogP contribution in [0.3, 0.4) is 0 Å². The number of fused-ring (bicyclic) bond motifs is 1. The number of aromatic nitrogens is 1. The maximum absolute atomic E-state index is 13.2. The van der Waals surface area contributed by atoms with Crippen LogP contribution in [-0.4, -0.2) is 16.4 Å². The Hall–Kier alpha value is -2.86. The molecule has 0 saturated heterocycles. The number of carbonyl (C=O) groups is 2. The number of nitrogens with zero attached hydrogens (tertiary/aromatic N) is 1. The summed E-state index contributed by atoms with van der Waals surface area (Å²) in [5.74, 6) is 0.192. The number of anilines is 2. The predicted octanol–water partition coefficient (Wildman–Crippen LogP) is 5.02. The van der Waals surface area contributed by atoms with Crippen molar-refractivity contribution in [2.75, 3.05) is 10.6 Å². The second-order valence-electron chi connectivity index (χ2n) is 7.78. The van der Waals surface area contributed by atoms with Crippen LogP contribution in [0.5, 0.6) is 0 Å². The third kappa shape index (κ3) is 3.72. The van der Waals surface area contributed by atoms with Gasteiger partial charge in [0.05, 0.1) is 5.56 Å². The minimum atomic E-state index is -0.0668. The van der Waals surface area contributed by atoms with Crippen LogP contribution in [0.25, 0.3) is 5.00 Å². The number of carbonyl (C=O) groups excluding carboxylic acids is 2. The van der Waals surface area contributed by atoms with Gasteiger partial charge in [-0.3, -0.25) is 9.59 Å². The van der Waals surface area contributed by atoms with E-state index in [9.17, 15) is 9.59 Å². The average Bonchev–Trinajstić information content (AvgIpc) is 3.30. The molecule has 3 aromatic rings. The Balaban J connectivity index is 1.38. The molecular weight excluding hydrogens is 382 g/mol. The summed E-state index contributed by atoms with van der Waals surface area (Å²) in [6.45, 7) is 0. The lowest BCUT2D eigenvalue weighted by atomic mass is 9.95. The molecule has 0 aliphatic heterocycles. The van der Waals surface area contributed by atoms with Gasteiger partial charge in [0.15, 0.2) is 0 Å². The van der Waals surface area contributed by atoms with Crippen LogP contribution in [0.15, 0.2) is 48.8 Å². The molecule has 0 unspecified atom stereocenters. The molecule has 148 valence electrons. The van der Waals surface area contributed by atoms with Crippen LogP contribution >= 0.6 is 11.3 Å². The van der Waals surface area contributed by atoms with Gasteiger partial charge in [-0.2, -0.15) is 0 Å². The standard InChI is InChI=1S/C23H23N3O2S/c27-21(15-7-8-15)24-16-9-11-17(12-10-16)25-22(28)20-18-5-1-2-6-19(18)29-23(20)26-13-3-4-14-26/h3-4,9-15H,1-2,5-8H2,(H,24,27)(H,25,28). The van der Waals surface area contributed by atoms with E-state index < -0.39 is 0 Å². The molecule has 0 spiro atoms. The second-order valence-corrected chi connectivity index (χ2v) is 8.86. The third-order valence-electron chi connectivity index (χ3n) is 5.58. The Morgan fingerprint density at radius 3 is 2.28 bits per heavy atom. The Morgan fingerprint density at radius 2 is 1.59 bits per heavy atom. The van der Waals surface area contributed by atoms with E-state index in [1.54, 1.807) is 11.3 Å². The van der Waals surface area contributed by atoms with Crippen molar-refractivity contribution in [2.45, 2.75) is 38.5 Å². The van der Waals surface area contributed by atoms with Gasteiger partial charge in [0.1, 0.15) is 5.00 Å². The molecule has 5 rings (SSSR count). The van der Waals surface area contributed by atoms with E-state index in [4.69, 9.17) is 0 Å². The summed E-state index contributed by atoms with van der Waals surface area (Å²) in [7, 11) is 0. The molecule has 5 nitrogen and oxygen atoms in total. The molecule has 1 aromatic carbocycles. The molecule has 2 aliphatic carbocycles. The molecule has 2 amide bonds. The van der Waals surface area contributed by atoms with E-state index in [0.717, 1.165) is 54.0 Å². The van der Waals surface area contributed by atoms with Crippen molar-refractivity contribution in [3.05, 3.63) is 64.8 Å². The van der Waals surface area contributed by atoms with Gasteiger partial charge in [-0.05, 0) is 80.5 Å². The summed E-state index contributed by atoms with van der Waals surface area (Å²) in [5.41, 5.74) is 3.50. The number of hydrogen-bond acceptors (Lipinski definition) is 3. The molecule has 1 fully saturated rings. The summed E-state index contributed by atoms with van der Waals surface area (Å²) < 4.78 is 2.04. The molecule has 1 saturated carbocycles. The summed E-state index contributed by atoms with van der Waals surface area (Å²) in [6, 6.07) is 11.3. The largest absolute Gasteiger partial charge is 0.326 e. The quantitative estimate of drug-likeness (QED) is 0.626. The van der Waals surface area contributed by atoms with E-state index in [1.807, 2.05) is 53.4 Å². The van der Waals surface area contributed by atoms with Crippen LogP contribution in [0.1, 0.15) is 46.5 Å². The SMILES string of the molecule is O=C(Nc1ccc(NC(=O)C2CC2)cc1)c1c(-n2cccc2)sc2c1CCCC2. The number of rotatable bonds is 5. The highest BCUT2D eigenvalue weighted by molar-refractivity contribution is 7.15. The summed E-state index contributed by atoms with van der Waals surface area (Å²) >= 11 is 1.73. The molecule has 2 aromatic heterocycles.